The molecule has 5 nitrogen and oxygen atoms in total. The van der Waals surface area contributed by atoms with Crippen LogP contribution in [0.15, 0.2) is 28.7 Å². The fourth-order valence-electron chi connectivity index (χ4n) is 1.39. The second-order valence-electron chi connectivity index (χ2n) is 3.63. The van der Waals surface area contributed by atoms with Gasteiger partial charge in [0.25, 0.3) is 0 Å². The third kappa shape index (κ3) is 3.09. The average molecular weight is 271 g/mol. The molecule has 2 aromatic rings. The number of aromatic nitrogens is 2. The Labute approximate surface area is 104 Å². The van der Waals surface area contributed by atoms with Crippen molar-refractivity contribution < 1.29 is 27.5 Å². The van der Waals surface area contributed by atoms with E-state index in [4.69, 9.17) is 4.42 Å². The van der Waals surface area contributed by atoms with Gasteiger partial charge in [-0.1, -0.05) is 6.07 Å². The molecule has 0 radical (unpaired) electrons. The maximum Gasteiger partial charge on any atom is 0.416 e. The molecule has 2 rings (SSSR count). The summed E-state index contributed by atoms with van der Waals surface area (Å²) in [7, 11) is 0. The van der Waals surface area contributed by atoms with Crippen LogP contribution in [0.2, 0.25) is 0 Å². The fraction of sp³-hybridized carbons (Fsp3) is 0.182. The Morgan fingerprint density at radius 3 is 2.68 bits per heavy atom. The van der Waals surface area contributed by atoms with E-state index in [1.807, 2.05) is 0 Å². The van der Waals surface area contributed by atoms with Gasteiger partial charge in [0.1, 0.15) is 0 Å². The molecule has 19 heavy (non-hydrogen) atoms. The third-order valence-corrected chi connectivity index (χ3v) is 2.20. The van der Waals surface area contributed by atoms with Crippen molar-refractivity contribution in [3.8, 4) is 11.5 Å². The summed E-state index contributed by atoms with van der Waals surface area (Å²) in [4.78, 5) is 10.3. The fourth-order valence-corrected chi connectivity index (χ4v) is 1.39. The lowest BCUT2D eigenvalue weighted by Crippen LogP contribution is -2.24. The van der Waals surface area contributed by atoms with E-state index in [1.165, 1.54) is 12.1 Å². The molecular formula is C11H6F3N2O3-. The number of carboxylic acids is 1. The molecule has 100 valence electrons. The van der Waals surface area contributed by atoms with Crippen LogP contribution in [0.4, 0.5) is 13.2 Å². The van der Waals surface area contributed by atoms with Gasteiger partial charge >= 0.3 is 6.18 Å². The van der Waals surface area contributed by atoms with Gasteiger partial charge in [0.05, 0.1) is 18.0 Å². The van der Waals surface area contributed by atoms with Crippen LogP contribution in [-0.2, 0) is 17.4 Å². The molecule has 1 aromatic heterocycles. The van der Waals surface area contributed by atoms with Crippen LogP contribution in [0.3, 0.4) is 0 Å². The topological polar surface area (TPSA) is 79.0 Å². The maximum atomic E-state index is 12.5. The van der Waals surface area contributed by atoms with Crippen LogP contribution in [0.1, 0.15) is 11.5 Å². The van der Waals surface area contributed by atoms with E-state index in [0.717, 1.165) is 12.1 Å². The number of carboxylic acid groups (broad SMARTS) is 1. The van der Waals surface area contributed by atoms with Crippen molar-refractivity contribution in [2.45, 2.75) is 12.6 Å². The molecule has 0 spiro atoms. The van der Waals surface area contributed by atoms with E-state index < -0.39 is 24.1 Å². The van der Waals surface area contributed by atoms with Crippen LogP contribution in [0, 0.1) is 0 Å². The molecule has 0 aliphatic rings. The van der Waals surface area contributed by atoms with E-state index in [9.17, 15) is 23.1 Å². The van der Waals surface area contributed by atoms with Gasteiger partial charge < -0.3 is 14.3 Å². The Morgan fingerprint density at radius 1 is 1.32 bits per heavy atom. The van der Waals surface area contributed by atoms with Gasteiger partial charge in [-0.15, -0.1) is 10.2 Å². The zero-order chi connectivity index (χ0) is 14.0. The van der Waals surface area contributed by atoms with E-state index in [2.05, 4.69) is 10.2 Å². The quantitative estimate of drug-likeness (QED) is 0.833. The van der Waals surface area contributed by atoms with Crippen LogP contribution in [-0.4, -0.2) is 16.2 Å². The highest BCUT2D eigenvalue weighted by molar-refractivity contribution is 5.66. The highest BCUT2D eigenvalue weighted by atomic mass is 19.4. The Kier molecular flexibility index (Phi) is 3.24. The van der Waals surface area contributed by atoms with Crippen LogP contribution in [0.5, 0.6) is 0 Å². The molecule has 0 amide bonds. The highest BCUT2D eigenvalue weighted by Gasteiger charge is 2.30. The standard InChI is InChI=1S/C11H7F3N2O3/c12-11(13,14)7-3-1-2-6(4-7)10-16-15-8(19-10)5-9(17)18/h1-4H,5H2,(H,17,18)/p-1. The first-order chi connectivity index (χ1) is 8.86. The van der Waals surface area contributed by atoms with Crippen molar-refractivity contribution in [1.82, 2.24) is 10.2 Å². The van der Waals surface area contributed by atoms with E-state index in [1.54, 1.807) is 0 Å². The summed E-state index contributed by atoms with van der Waals surface area (Å²) in [6.07, 6.45) is -5.07. The highest BCUT2D eigenvalue weighted by Crippen LogP contribution is 2.31. The molecule has 8 heteroatoms. The van der Waals surface area contributed by atoms with Crippen molar-refractivity contribution in [2.24, 2.45) is 0 Å². The molecular weight excluding hydrogens is 265 g/mol. The lowest BCUT2D eigenvalue weighted by atomic mass is 10.1. The predicted octanol–water partition coefficient (Wildman–Crippen LogP) is 1.05. The lowest BCUT2D eigenvalue weighted by Gasteiger charge is -2.06. The third-order valence-electron chi connectivity index (χ3n) is 2.20. The largest absolute Gasteiger partial charge is 0.550 e. The van der Waals surface area contributed by atoms with Crippen LogP contribution < -0.4 is 5.11 Å². The van der Waals surface area contributed by atoms with Gasteiger partial charge in [0.15, 0.2) is 0 Å². The summed E-state index contributed by atoms with van der Waals surface area (Å²) in [6, 6.07) is 4.30. The summed E-state index contributed by atoms with van der Waals surface area (Å²) in [5, 5.41) is 17.2. The summed E-state index contributed by atoms with van der Waals surface area (Å²) >= 11 is 0. The minimum Gasteiger partial charge on any atom is -0.550 e. The van der Waals surface area contributed by atoms with Crippen molar-refractivity contribution in [1.29, 1.82) is 0 Å². The van der Waals surface area contributed by atoms with Gasteiger partial charge in [0.2, 0.25) is 11.8 Å². The number of hydrogen-bond acceptors (Lipinski definition) is 5. The lowest BCUT2D eigenvalue weighted by molar-refractivity contribution is -0.305. The maximum absolute atomic E-state index is 12.5. The molecule has 0 N–H and O–H groups in total. The SMILES string of the molecule is O=C([O-])Cc1nnc(-c2cccc(C(F)(F)F)c2)o1. The Hall–Kier alpha value is -2.38. The minimum atomic E-state index is -4.48. The van der Waals surface area contributed by atoms with Crippen molar-refractivity contribution in [3.63, 3.8) is 0 Å². The number of carbonyl (C=O) groups excluding carboxylic acids is 1. The number of hydrogen-bond donors (Lipinski definition) is 0. The number of rotatable bonds is 3. The van der Waals surface area contributed by atoms with Crippen molar-refractivity contribution in [3.05, 3.63) is 35.7 Å². The minimum absolute atomic E-state index is 0.0620. The zero-order valence-corrected chi connectivity index (χ0v) is 9.27. The zero-order valence-electron chi connectivity index (χ0n) is 9.27. The first-order valence-electron chi connectivity index (χ1n) is 5.06. The normalized spacial score (nSPS) is 11.5. The molecule has 1 heterocycles. The van der Waals surface area contributed by atoms with E-state index >= 15 is 0 Å². The van der Waals surface area contributed by atoms with Crippen LogP contribution in [0.25, 0.3) is 11.5 Å². The number of benzene rings is 1. The molecule has 1 aromatic carbocycles. The molecule has 0 atom stereocenters. The van der Waals surface area contributed by atoms with Crippen molar-refractivity contribution >= 4 is 5.97 Å². The Bertz CT molecular complexity index is 607. The first-order valence-corrected chi connectivity index (χ1v) is 5.06. The number of aliphatic carboxylic acids is 1. The smallest absolute Gasteiger partial charge is 0.416 e. The van der Waals surface area contributed by atoms with E-state index in [0.29, 0.717) is 0 Å². The van der Waals surface area contributed by atoms with Gasteiger partial charge in [-0.25, -0.2) is 0 Å². The van der Waals surface area contributed by atoms with Crippen LogP contribution >= 0.6 is 0 Å². The Balaban J connectivity index is 2.32. The number of carbonyl (C=O) groups is 1. The summed E-state index contributed by atoms with van der Waals surface area (Å²) < 4.78 is 42.5. The molecule has 0 aliphatic carbocycles. The molecule has 0 fully saturated rings. The molecule has 0 bridgehead atoms. The van der Waals surface area contributed by atoms with Gasteiger partial charge in [-0.2, -0.15) is 13.2 Å². The molecule has 0 aliphatic heterocycles. The van der Waals surface area contributed by atoms with Gasteiger partial charge in [-0.3, -0.25) is 0 Å². The molecule has 0 unspecified atom stereocenters. The summed E-state index contributed by atoms with van der Waals surface area (Å²) in [5.74, 6) is -1.82. The second kappa shape index (κ2) is 4.71. The van der Waals surface area contributed by atoms with Gasteiger partial charge in [-0.05, 0) is 18.2 Å². The summed E-state index contributed by atoms with van der Waals surface area (Å²) in [5.41, 5.74) is -0.795. The second-order valence-corrected chi connectivity index (χ2v) is 3.63. The molecule has 0 saturated carbocycles. The van der Waals surface area contributed by atoms with E-state index in [-0.39, 0.29) is 17.3 Å². The predicted molar refractivity (Wildman–Crippen MR) is 53.4 cm³/mol. The number of nitrogens with zero attached hydrogens (tertiary/aromatic N) is 2. The average Bonchev–Trinajstić information content (AvgIpc) is 2.76. The number of alkyl halides is 3. The van der Waals surface area contributed by atoms with Crippen molar-refractivity contribution in [2.75, 3.05) is 0 Å². The van der Waals surface area contributed by atoms with Gasteiger partial charge in [0, 0.05) is 5.56 Å². The first kappa shape index (κ1) is 13.1. The number of halogens is 3. The summed E-state index contributed by atoms with van der Waals surface area (Å²) in [6.45, 7) is 0. The monoisotopic (exact) mass is 271 g/mol. The molecule has 0 saturated heterocycles. The Morgan fingerprint density at radius 2 is 2.05 bits per heavy atom.